The number of halogens is 2. The Morgan fingerprint density at radius 1 is 0.794 bits per heavy atom. The molecule has 2 heterocycles. The van der Waals surface area contributed by atoms with E-state index in [1.807, 2.05) is 0 Å². The Morgan fingerprint density at radius 3 is 2.00 bits per heavy atom. The van der Waals surface area contributed by atoms with Crippen LogP contribution in [-0.4, -0.2) is 29.0 Å². The van der Waals surface area contributed by atoms with Crippen molar-refractivity contribution in [3.8, 4) is 0 Å². The summed E-state index contributed by atoms with van der Waals surface area (Å²) in [5, 5.41) is 0.450. The Hall–Kier alpha value is -3.13. The highest BCUT2D eigenvalue weighted by molar-refractivity contribution is 9.10. The van der Waals surface area contributed by atoms with Crippen LogP contribution in [0.15, 0.2) is 77.3 Å². The van der Waals surface area contributed by atoms with E-state index in [4.69, 9.17) is 16.3 Å². The largest absolute Gasteiger partial charge is 0.349 e. The number of imide groups is 1. The average molecular weight is 537 g/mol. The van der Waals surface area contributed by atoms with Gasteiger partial charge in [-0.25, -0.2) is 4.90 Å². The number of carbonyl (C=O) groups excluding carboxylic acids is 4. The van der Waals surface area contributed by atoms with Gasteiger partial charge in [-0.2, -0.15) is 0 Å². The molecule has 6 rings (SSSR count). The summed E-state index contributed by atoms with van der Waals surface area (Å²) in [4.78, 5) is 56.1. The predicted molar refractivity (Wildman–Crippen MR) is 127 cm³/mol. The predicted octanol–water partition coefficient (Wildman–Crippen LogP) is 4.80. The van der Waals surface area contributed by atoms with Gasteiger partial charge in [-0.3, -0.25) is 19.2 Å². The van der Waals surface area contributed by atoms with Crippen LogP contribution in [0.4, 0.5) is 5.69 Å². The summed E-state index contributed by atoms with van der Waals surface area (Å²) in [6.07, 6.45) is -0.975. The van der Waals surface area contributed by atoms with Gasteiger partial charge in [0.1, 0.15) is 0 Å². The standard InChI is InChI=1S/C26H15BrClNO5/c27-18-8-4-3-7-17(18)21-19-20(25(33)29(24(19)32)14-11-9-13(28)10-12-14)26(34-21)22(30)15-5-1-2-6-16(15)23(26)31/h1-12,19-21H/t19-,20+,21+/m1/s1. The first-order chi connectivity index (χ1) is 16.4. The monoisotopic (exact) mass is 535 g/mol. The molecule has 6 nitrogen and oxygen atoms in total. The van der Waals surface area contributed by atoms with Crippen LogP contribution in [0.25, 0.3) is 0 Å². The molecule has 2 amide bonds. The minimum absolute atomic E-state index is 0.198. The van der Waals surface area contributed by atoms with E-state index in [1.54, 1.807) is 72.8 Å². The minimum atomic E-state index is -2.10. The lowest BCUT2D eigenvalue weighted by atomic mass is 9.77. The number of hydrogen-bond donors (Lipinski definition) is 0. The summed E-state index contributed by atoms with van der Waals surface area (Å²) >= 11 is 9.48. The summed E-state index contributed by atoms with van der Waals surface area (Å²) in [6, 6.07) is 19.8. The number of ether oxygens (including phenoxy) is 1. The molecule has 8 heteroatoms. The summed E-state index contributed by atoms with van der Waals surface area (Å²) in [5.41, 5.74) is -0.786. The van der Waals surface area contributed by atoms with Crippen LogP contribution in [0.1, 0.15) is 32.4 Å². The molecule has 3 aromatic carbocycles. The molecular formula is C26H15BrClNO5. The van der Waals surface area contributed by atoms with Crippen molar-refractivity contribution in [3.63, 3.8) is 0 Å². The van der Waals surface area contributed by atoms with Crippen molar-refractivity contribution in [2.24, 2.45) is 11.8 Å². The van der Waals surface area contributed by atoms with E-state index in [9.17, 15) is 19.2 Å². The summed E-state index contributed by atoms with van der Waals surface area (Å²) in [6.45, 7) is 0. The highest BCUT2D eigenvalue weighted by atomic mass is 79.9. The molecule has 0 unspecified atom stereocenters. The van der Waals surface area contributed by atoms with E-state index < -0.39 is 46.9 Å². The first-order valence-electron chi connectivity index (χ1n) is 10.6. The van der Waals surface area contributed by atoms with Gasteiger partial charge in [-0.1, -0.05) is 70.0 Å². The zero-order valence-corrected chi connectivity index (χ0v) is 19.7. The maximum atomic E-state index is 13.8. The van der Waals surface area contributed by atoms with Gasteiger partial charge in [0.05, 0.1) is 23.6 Å². The molecule has 2 saturated heterocycles. The molecule has 1 aliphatic carbocycles. The van der Waals surface area contributed by atoms with Gasteiger partial charge in [0, 0.05) is 20.6 Å². The van der Waals surface area contributed by atoms with Gasteiger partial charge in [0.25, 0.3) is 0 Å². The molecule has 0 saturated carbocycles. The van der Waals surface area contributed by atoms with Crippen molar-refractivity contribution in [2.45, 2.75) is 11.7 Å². The van der Waals surface area contributed by atoms with Gasteiger partial charge >= 0.3 is 0 Å². The van der Waals surface area contributed by atoms with Crippen LogP contribution < -0.4 is 4.90 Å². The fourth-order valence-corrected chi connectivity index (χ4v) is 5.99. The average Bonchev–Trinajstić information content (AvgIpc) is 3.40. The highest BCUT2D eigenvalue weighted by Crippen LogP contribution is 2.58. The number of carbonyl (C=O) groups is 4. The highest BCUT2D eigenvalue weighted by Gasteiger charge is 2.74. The summed E-state index contributed by atoms with van der Waals surface area (Å²) < 4.78 is 6.93. The number of Topliss-reactive ketones (excluding diaryl/α,β-unsaturated/α-hetero) is 2. The zero-order valence-electron chi connectivity index (χ0n) is 17.4. The van der Waals surface area contributed by atoms with Gasteiger partial charge in [-0.05, 0) is 35.9 Å². The number of benzene rings is 3. The number of nitrogens with zero attached hydrogens (tertiary/aromatic N) is 1. The Bertz CT molecular complexity index is 1380. The second-order valence-corrected chi connectivity index (χ2v) is 9.78. The number of ketones is 2. The molecule has 3 aliphatic rings. The third-order valence-corrected chi connectivity index (χ3v) is 7.79. The molecule has 3 atom stereocenters. The van der Waals surface area contributed by atoms with E-state index in [-0.39, 0.29) is 11.1 Å². The third-order valence-electron chi connectivity index (χ3n) is 6.82. The van der Waals surface area contributed by atoms with E-state index >= 15 is 0 Å². The van der Waals surface area contributed by atoms with Crippen LogP contribution in [0.2, 0.25) is 5.02 Å². The molecule has 1 spiro atoms. The van der Waals surface area contributed by atoms with Crippen molar-refractivity contribution in [1.82, 2.24) is 0 Å². The molecule has 0 radical (unpaired) electrons. The smallest absolute Gasteiger partial charge is 0.241 e. The molecule has 2 fully saturated rings. The lowest BCUT2D eigenvalue weighted by Crippen LogP contribution is -2.51. The third kappa shape index (κ3) is 2.66. The Kier molecular flexibility index (Phi) is 4.68. The van der Waals surface area contributed by atoms with Crippen molar-refractivity contribution < 1.29 is 23.9 Å². The van der Waals surface area contributed by atoms with Gasteiger partial charge in [-0.15, -0.1) is 0 Å². The van der Waals surface area contributed by atoms with Crippen LogP contribution in [0.3, 0.4) is 0 Å². The number of rotatable bonds is 2. The molecule has 0 aromatic heterocycles. The normalized spacial score (nSPS) is 24.8. The zero-order chi connectivity index (χ0) is 23.8. The quantitative estimate of drug-likeness (QED) is 0.347. The van der Waals surface area contributed by atoms with Crippen LogP contribution in [0.5, 0.6) is 0 Å². The number of fused-ring (bicyclic) bond motifs is 3. The van der Waals surface area contributed by atoms with Crippen molar-refractivity contribution in [3.05, 3.63) is 99.0 Å². The molecule has 168 valence electrons. The minimum Gasteiger partial charge on any atom is -0.349 e. The molecule has 0 N–H and O–H groups in total. The summed E-state index contributed by atoms with van der Waals surface area (Å²) in [5.74, 6) is -4.68. The number of amides is 2. The SMILES string of the molecule is O=C1[C@@H]2[C@@H](C(=O)N1c1ccc(Cl)cc1)C1(O[C@H]2c2ccccc2Br)C(=O)c2ccccc2C1=O. The Balaban J connectivity index is 1.56. The Labute approximate surface area is 207 Å². The van der Waals surface area contributed by atoms with E-state index in [1.165, 1.54) is 0 Å². The second-order valence-electron chi connectivity index (χ2n) is 8.49. The van der Waals surface area contributed by atoms with Crippen molar-refractivity contribution >= 4 is 56.6 Å². The second kappa shape index (κ2) is 7.43. The number of hydrogen-bond acceptors (Lipinski definition) is 5. The van der Waals surface area contributed by atoms with E-state index in [2.05, 4.69) is 15.9 Å². The Morgan fingerprint density at radius 2 is 1.38 bits per heavy atom. The molecule has 3 aromatic rings. The van der Waals surface area contributed by atoms with Gasteiger partial charge in [0.2, 0.25) is 29.0 Å². The molecule has 0 bridgehead atoms. The molecule has 2 aliphatic heterocycles. The van der Waals surface area contributed by atoms with E-state index in [0.717, 1.165) is 4.90 Å². The first kappa shape index (κ1) is 21.4. The van der Waals surface area contributed by atoms with Gasteiger partial charge in [0.15, 0.2) is 0 Å². The molecular weight excluding hydrogens is 522 g/mol. The summed E-state index contributed by atoms with van der Waals surface area (Å²) in [7, 11) is 0. The van der Waals surface area contributed by atoms with Gasteiger partial charge < -0.3 is 4.74 Å². The first-order valence-corrected chi connectivity index (χ1v) is 11.8. The van der Waals surface area contributed by atoms with Crippen LogP contribution in [0, 0.1) is 11.8 Å². The van der Waals surface area contributed by atoms with Crippen molar-refractivity contribution in [1.29, 1.82) is 0 Å². The van der Waals surface area contributed by atoms with E-state index in [0.29, 0.717) is 20.7 Å². The maximum absolute atomic E-state index is 13.8. The van der Waals surface area contributed by atoms with Crippen molar-refractivity contribution in [2.75, 3.05) is 4.90 Å². The fraction of sp³-hybridized carbons (Fsp3) is 0.154. The van der Waals surface area contributed by atoms with Crippen LogP contribution in [-0.2, 0) is 14.3 Å². The van der Waals surface area contributed by atoms with Crippen LogP contribution >= 0.6 is 27.5 Å². The lowest BCUT2D eigenvalue weighted by Gasteiger charge is -2.27. The maximum Gasteiger partial charge on any atom is 0.241 e. The lowest BCUT2D eigenvalue weighted by molar-refractivity contribution is -0.127. The fourth-order valence-electron chi connectivity index (χ4n) is 5.35. The molecule has 34 heavy (non-hydrogen) atoms. The topological polar surface area (TPSA) is 80.8 Å². The number of anilines is 1.